The number of phenols is 1. The van der Waals surface area contributed by atoms with Crippen LogP contribution < -0.4 is 0 Å². The van der Waals surface area contributed by atoms with Crippen molar-refractivity contribution in [3.05, 3.63) is 29.3 Å². The van der Waals surface area contributed by atoms with Crippen LogP contribution in [-0.2, 0) is 10.2 Å². The lowest BCUT2D eigenvalue weighted by Crippen LogP contribution is -2.34. The van der Waals surface area contributed by atoms with Gasteiger partial charge in [0.1, 0.15) is 5.75 Å². The number of carbonyl (C=O) groups excluding carboxylic acids is 1. The minimum absolute atomic E-state index is 0.0193. The first-order valence-electron chi connectivity index (χ1n) is 6.73. The van der Waals surface area contributed by atoms with Gasteiger partial charge in [0.2, 0.25) is 0 Å². The topological polar surface area (TPSA) is 46.5 Å². The van der Waals surface area contributed by atoms with E-state index in [9.17, 15) is 9.90 Å². The summed E-state index contributed by atoms with van der Waals surface area (Å²) >= 11 is 0. The first-order chi connectivity index (χ1) is 8.80. The van der Waals surface area contributed by atoms with Gasteiger partial charge in [-0.25, -0.2) is 4.79 Å². The molecule has 1 aliphatic rings. The van der Waals surface area contributed by atoms with E-state index in [1.54, 1.807) is 6.07 Å². The summed E-state index contributed by atoms with van der Waals surface area (Å²) in [4.78, 5) is 11.7. The van der Waals surface area contributed by atoms with E-state index in [0.29, 0.717) is 5.56 Å². The van der Waals surface area contributed by atoms with E-state index in [1.165, 1.54) is 19.6 Å². The summed E-state index contributed by atoms with van der Waals surface area (Å²) < 4.78 is 4.74. The largest absolute Gasteiger partial charge is 0.508 e. The van der Waals surface area contributed by atoms with Crippen LogP contribution in [0.5, 0.6) is 5.75 Å². The molecule has 0 saturated heterocycles. The predicted molar refractivity (Wildman–Crippen MR) is 74.4 cm³/mol. The maximum absolute atomic E-state index is 11.7. The average molecular weight is 262 g/mol. The maximum atomic E-state index is 11.7. The molecule has 1 unspecified atom stereocenters. The molecule has 1 saturated carbocycles. The lowest BCUT2D eigenvalue weighted by molar-refractivity contribution is 0.0599. The molecule has 2 rings (SSSR count). The third kappa shape index (κ3) is 2.22. The SMILES string of the molecule is COC(=O)c1cc(O)cc(C2(C)CCCC2(C)C)c1. The minimum Gasteiger partial charge on any atom is -0.508 e. The lowest BCUT2D eigenvalue weighted by Gasteiger charge is -2.39. The van der Waals surface area contributed by atoms with Gasteiger partial charge in [0.15, 0.2) is 0 Å². The number of hydrogen-bond donors (Lipinski definition) is 1. The number of benzene rings is 1. The molecule has 0 radical (unpaired) electrons. The van der Waals surface area contributed by atoms with E-state index in [-0.39, 0.29) is 16.6 Å². The van der Waals surface area contributed by atoms with Gasteiger partial charge in [-0.2, -0.15) is 0 Å². The number of aromatic hydroxyl groups is 1. The summed E-state index contributed by atoms with van der Waals surface area (Å²) in [6.07, 6.45) is 3.41. The Kier molecular flexibility index (Phi) is 3.33. The molecule has 1 aliphatic carbocycles. The van der Waals surface area contributed by atoms with E-state index in [1.807, 2.05) is 6.07 Å². The van der Waals surface area contributed by atoms with Crippen LogP contribution in [0.15, 0.2) is 18.2 Å². The van der Waals surface area contributed by atoms with Gasteiger partial charge in [0.25, 0.3) is 0 Å². The Morgan fingerprint density at radius 1 is 1.21 bits per heavy atom. The van der Waals surface area contributed by atoms with Gasteiger partial charge in [-0.15, -0.1) is 0 Å². The maximum Gasteiger partial charge on any atom is 0.337 e. The summed E-state index contributed by atoms with van der Waals surface area (Å²) in [5, 5.41) is 9.88. The zero-order chi connectivity index (χ0) is 14.3. The highest BCUT2D eigenvalue weighted by Crippen LogP contribution is 2.54. The van der Waals surface area contributed by atoms with Gasteiger partial charge in [0.05, 0.1) is 12.7 Å². The fourth-order valence-electron chi connectivity index (χ4n) is 3.20. The van der Waals surface area contributed by atoms with Crippen LogP contribution in [0.2, 0.25) is 0 Å². The smallest absolute Gasteiger partial charge is 0.337 e. The second-order valence-corrected chi connectivity index (χ2v) is 6.33. The van der Waals surface area contributed by atoms with Crippen molar-refractivity contribution in [3.8, 4) is 5.75 Å². The van der Waals surface area contributed by atoms with E-state index in [2.05, 4.69) is 20.8 Å². The van der Waals surface area contributed by atoms with Crippen LogP contribution in [0.3, 0.4) is 0 Å². The molecule has 0 aliphatic heterocycles. The summed E-state index contributed by atoms with van der Waals surface area (Å²) in [6.45, 7) is 6.72. The molecule has 3 heteroatoms. The summed E-state index contributed by atoms with van der Waals surface area (Å²) in [5.41, 5.74) is 1.58. The Bertz CT molecular complexity index is 505. The number of ether oxygens (including phenoxy) is 1. The van der Waals surface area contributed by atoms with Crippen LogP contribution >= 0.6 is 0 Å². The molecule has 0 bridgehead atoms. The minimum atomic E-state index is -0.406. The molecule has 0 amide bonds. The van der Waals surface area contributed by atoms with Gasteiger partial charge in [-0.05, 0) is 47.4 Å². The first kappa shape index (κ1) is 13.9. The van der Waals surface area contributed by atoms with Crippen LogP contribution in [0.25, 0.3) is 0 Å². The van der Waals surface area contributed by atoms with E-state index >= 15 is 0 Å². The summed E-state index contributed by atoms with van der Waals surface area (Å²) in [7, 11) is 1.35. The first-order valence-corrected chi connectivity index (χ1v) is 6.73. The Morgan fingerprint density at radius 2 is 1.89 bits per heavy atom. The normalized spacial score (nSPS) is 25.3. The van der Waals surface area contributed by atoms with E-state index < -0.39 is 5.97 Å². The molecule has 0 spiro atoms. The highest BCUT2D eigenvalue weighted by molar-refractivity contribution is 5.90. The van der Waals surface area contributed by atoms with E-state index in [4.69, 9.17) is 4.74 Å². The fraction of sp³-hybridized carbons (Fsp3) is 0.562. The van der Waals surface area contributed by atoms with Crippen LogP contribution in [0.4, 0.5) is 0 Å². The second kappa shape index (κ2) is 4.55. The third-order valence-corrected chi connectivity index (χ3v) is 4.95. The summed E-state index contributed by atoms with van der Waals surface area (Å²) in [5.74, 6) is -0.279. The van der Waals surface area contributed by atoms with Gasteiger partial charge in [0, 0.05) is 0 Å². The Balaban J connectivity index is 2.51. The number of carbonyl (C=O) groups is 1. The molecule has 104 valence electrons. The van der Waals surface area contributed by atoms with Crippen LogP contribution in [-0.4, -0.2) is 18.2 Å². The number of hydrogen-bond acceptors (Lipinski definition) is 3. The van der Waals surface area contributed by atoms with Gasteiger partial charge in [-0.3, -0.25) is 0 Å². The quantitative estimate of drug-likeness (QED) is 0.828. The highest BCUT2D eigenvalue weighted by atomic mass is 16.5. The molecule has 19 heavy (non-hydrogen) atoms. The Morgan fingerprint density at radius 3 is 2.42 bits per heavy atom. The molecule has 1 N–H and O–H groups in total. The van der Waals surface area contributed by atoms with Crippen molar-refractivity contribution in [1.29, 1.82) is 0 Å². The standard InChI is InChI=1S/C16H22O3/c1-15(2)6-5-7-16(15,3)12-8-11(14(18)19-4)9-13(17)10-12/h8-10,17H,5-7H2,1-4H3. The van der Waals surface area contributed by atoms with Crippen molar-refractivity contribution in [2.24, 2.45) is 5.41 Å². The molecule has 0 heterocycles. The second-order valence-electron chi connectivity index (χ2n) is 6.33. The van der Waals surface area contributed by atoms with Gasteiger partial charge in [-0.1, -0.05) is 27.2 Å². The van der Waals surface area contributed by atoms with Crippen LogP contribution in [0, 0.1) is 5.41 Å². The van der Waals surface area contributed by atoms with Crippen molar-refractivity contribution in [1.82, 2.24) is 0 Å². The van der Waals surface area contributed by atoms with Gasteiger partial charge >= 0.3 is 5.97 Å². The van der Waals surface area contributed by atoms with Crippen molar-refractivity contribution >= 4 is 5.97 Å². The lowest BCUT2D eigenvalue weighted by atomic mass is 9.65. The molecule has 3 nitrogen and oxygen atoms in total. The molecule has 1 aromatic carbocycles. The Labute approximate surface area is 114 Å². The van der Waals surface area contributed by atoms with Crippen molar-refractivity contribution in [2.75, 3.05) is 7.11 Å². The molecule has 1 aromatic rings. The third-order valence-electron chi connectivity index (χ3n) is 4.95. The number of rotatable bonds is 2. The molecule has 1 fully saturated rings. The average Bonchev–Trinajstić information content (AvgIpc) is 2.63. The fourth-order valence-corrected chi connectivity index (χ4v) is 3.20. The highest BCUT2D eigenvalue weighted by Gasteiger charge is 2.46. The van der Waals surface area contributed by atoms with Crippen molar-refractivity contribution in [3.63, 3.8) is 0 Å². The molecule has 1 atom stereocenters. The monoisotopic (exact) mass is 262 g/mol. The molecular formula is C16H22O3. The molecule has 0 aromatic heterocycles. The molecular weight excluding hydrogens is 240 g/mol. The number of esters is 1. The van der Waals surface area contributed by atoms with E-state index in [0.717, 1.165) is 18.4 Å². The Hall–Kier alpha value is -1.51. The number of methoxy groups -OCH3 is 1. The zero-order valence-electron chi connectivity index (χ0n) is 12.1. The van der Waals surface area contributed by atoms with Crippen LogP contribution in [0.1, 0.15) is 56.0 Å². The zero-order valence-corrected chi connectivity index (χ0v) is 12.1. The van der Waals surface area contributed by atoms with Gasteiger partial charge < -0.3 is 9.84 Å². The number of phenolic OH excluding ortho intramolecular Hbond substituents is 1. The van der Waals surface area contributed by atoms with Crippen molar-refractivity contribution < 1.29 is 14.6 Å². The summed E-state index contributed by atoms with van der Waals surface area (Å²) in [6, 6.07) is 5.10. The predicted octanol–water partition coefficient (Wildman–Crippen LogP) is 3.65. The van der Waals surface area contributed by atoms with Crippen molar-refractivity contribution in [2.45, 2.75) is 45.4 Å².